The molecule has 0 saturated carbocycles. The van der Waals surface area contributed by atoms with E-state index in [1.54, 1.807) is 11.5 Å². The molecular formula is C32H35N7O4. The highest BCUT2D eigenvalue weighted by molar-refractivity contribution is 5.96. The van der Waals surface area contributed by atoms with Crippen LogP contribution in [-0.2, 0) is 28.9 Å². The van der Waals surface area contributed by atoms with Crippen molar-refractivity contribution in [2.45, 2.75) is 32.6 Å². The fourth-order valence-corrected chi connectivity index (χ4v) is 5.84. The molecule has 2 aromatic carbocycles. The molecule has 2 aromatic heterocycles. The molecule has 0 unspecified atom stereocenters. The molecule has 1 fully saturated rings. The third kappa shape index (κ3) is 6.13. The summed E-state index contributed by atoms with van der Waals surface area (Å²) in [5.74, 6) is -0.152. The van der Waals surface area contributed by atoms with Gasteiger partial charge in [0.05, 0.1) is 12.5 Å². The van der Waals surface area contributed by atoms with Crippen LogP contribution in [0.15, 0.2) is 59.7 Å². The van der Waals surface area contributed by atoms with Gasteiger partial charge in [-0.1, -0.05) is 18.2 Å². The molecule has 43 heavy (non-hydrogen) atoms. The fourth-order valence-electron chi connectivity index (χ4n) is 5.84. The number of nitrogens with one attached hydrogen (secondary N) is 2. The number of hydrogen-bond donors (Lipinski definition) is 2. The monoisotopic (exact) mass is 581 g/mol. The number of hydroxylamine groups is 1. The van der Waals surface area contributed by atoms with Crippen molar-refractivity contribution in [3.63, 3.8) is 0 Å². The largest absolute Gasteiger partial charge is 0.340 e. The van der Waals surface area contributed by atoms with Crippen molar-refractivity contribution in [2.75, 3.05) is 45.2 Å². The Kier molecular flexibility index (Phi) is 8.17. The summed E-state index contributed by atoms with van der Waals surface area (Å²) in [6, 6.07) is 14.3. The van der Waals surface area contributed by atoms with Gasteiger partial charge < -0.3 is 14.8 Å². The molecule has 0 atom stereocenters. The number of anilines is 2. The maximum atomic E-state index is 13.3. The Morgan fingerprint density at radius 3 is 2.51 bits per heavy atom. The van der Waals surface area contributed by atoms with Gasteiger partial charge >= 0.3 is 0 Å². The van der Waals surface area contributed by atoms with Crippen molar-refractivity contribution in [3.05, 3.63) is 87.3 Å². The van der Waals surface area contributed by atoms with Crippen LogP contribution in [-0.4, -0.2) is 76.0 Å². The Labute approximate surface area is 249 Å². The van der Waals surface area contributed by atoms with Gasteiger partial charge in [-0.05, 0) is 66.6 Å². The van der Waals surface area contributed by atoms with E-state index >= 15 is 0 Å². The molecular weight excluding hydrogens is 546 g/mol. The highest BCUT2D eigenvalue weighted by atomic mass is 16.6. The summed E-state index contributed by atoms with van der Waals surface area (Å²) in [7, 11) is 1.32. The lowest BCUT2D eigenvalue weighted by atomic mass is 10.1. The Morgan fingerprint density at radius 2 is 1.77 bits per heavy atom. The number of carbonyl (C=O) groups excluding carboxylic acids is 2. The Hall–Kier alpha value is -4.61. The van der Waals surface area contributed by atoms with Gasteiger partial charge in [0, 0.05) is 63.4 Å². The number of carbonyl (C=O) groups is 2. The van der Waals surface area contributed by atoms with E-state index in [2.05, 4.69) is 44.9 Å². The maximum absolute atomic E-state index is 13.3. The van der Waals surface area contributed by atoms with Gasteiger partial charge in [0.15, 0.2) is 5.65 Å². The standard InChI is InChI=1S/C32H35N7O4/c1-21(40)38-16-14-37(15-17-38)13-12-22-6-9-25(10-7-22)34-32-33-19-27-29(41)28(31(42)36-43-2)20-39(30(27)35-32)26-11-8-23-4-3-5-24(23)18-26/h6-11,18-20H,3-5,12-17H2,1-2H3,(H,36,42)(H,33,34,35). The second-order valence-corrected chi connectivity index (χ2v) is 11.0. The smallest absolute Gasteiger partial charge is 0.280 e. The molecule has 0 radical (unpaired) electrons. The minimum Gasteiger partial charge on any atom is -0.340 e. The molecule has 11 nitrogen and oxygen atoms in total. The van der Waals surface area contributed by atoms with E-state index in [9.17, 15) is 14.4 Å². The molecule has 2 N–H and O–H groups in total. The van der Waals surface area contributed by atoms with Crippen LogP contribution in [0.2, 0.25) is 0 Å². The molecule has 4 aromatic rings. The molecule has 1 saturated heterocycles. The molecule has 6 rings (SSSR count). The number of piperazine rings is 1. The number of aryl methyl sites for hydroxylation is 2. The predicted molar refractivity (Wildman–Crippen MR) is 164 cm³/mol. The maximum Gasteiger partial charge on any atom is 0.280 e. The zero-order valence-corrected chi connectivity index (χ0v) is 24.4. The first kappa shape index (κ1) is 28.5. The van der Waals surface area contributed by atoms with E-state index in [0.717, 1.165) is 69.8 Å². The quantitative estimate of drug-likeness (QED) is 0.305. The Bertz CT molecular complexity index is 1730. The Morgan fingerprint density at radius 1 is 1.00 bits per heavy atom. The first-order valence-corrected chi connectivity index (χ1v) is 14.6. The summed E-state index contributed by atoms with van der Waals surface area (Å²) in [6.45, 7) is 5.93. The minimum absolute atomic E-state index is 0.0597. The van der Waals surface area contributed by atoms with Crippen molar-refractivity contribution in [1.82, 2.24) is 29.8 Å². The summed E-state index contributed by atoms with van der Waals surface area (Å²) in [4.78, 5) is 55.7. The van der Waals surface area contributed by atoms with Crippen LogP contribution < -0.4 is 16.2 Å². The van der Waals surface area contributed by atoms with E-state index in [4.69, 9.17) is 9.82 Å². The zero-order valence-electron chi connectivity index (χ0n) is 24.4. The average Bonchev–Trinajstić information content (AvgIpc) is 3.49. The van der Waals surface area contributed by atoms with Crippen molar-refractivity contribution < 1.29 is 14.4 Å². The average molecular weight is 582 g/mol. The van der Waals surface area contributed by atoms with E-state index in [-0.39, 0.29) is 16.9 Å². The number of amides is 2. The molecule has 2 aliphatic rings. The first-order valence-electron chi connectivity index (χ1n) is 14.6. The van der Waals surface area contributed by atoms with Gasteiger partial charge in [-0.25, -0.2) is 10.5 Å². The zero-order chi connectivity index (χ0) is 29.9. The summed E-state index contributed by atoms with van der Waals surface area (Å²) in [5.41, 5.74) is 7.55. The SMILES string of the molecule is CONC(=O)c1cn(-c2ccc3c(c2)CCC3)c2nc(Nc3ccc(CCN4CCN(C(C)=O)CC4)cc3)ncc2c1=O. The van der Waals surface area contributed by atoms with E-state index in [1.165, 1.54) is 36.2 Å². The van der Waals surface area contributed by atoms with Gasteiger partial charge in [-0.2, -0.15) is 4.98 Å². The van der Waals surface area contributed by atoms with Crippen LogP contribution in [0.1, 0.15) is 40.4 Å². The molecule has 2 amide bonds. The highest BCUT2D eigenvalue weighted by Crippen LogP contribution is 2.26. The topological polar surface area (TPSA) is 122 Å². The third-order valence-corrected chi connectivity index (χ3v) is 8.29. The molecule has 0 spiro atoms. The van der Waals surface area contributed by atoms with Gasteiger partial charge in [-0.15, -0.1) is 0 Å². The van der Waals surface area contributed by atoms with Gasteiger partial charge in [0.2, 0.25) is 17.3 Å². The number of fused-ring (bicyclic) bond motifs is 2. The molecule has 222 valence electrons. The second kappa shape index (κ2) is 12.3. The Balaban J connectivity index is 1.23. The van der Waals surface area contributed by atoms with E-state index in [1.807, 2.05) is 23.1 Å². The molecule has 3 heterocycles. The minimum atomic E-state index is -0.634. The van der Waals surface area contributed by atoms with Crippen LogP contribution >= 0.6 is 0 Å². The van der Waals surface area contributed by atoms with Crippen molar-refractivity contribution >= 4 is 34.5 Å². The van der Waals surface area contributed by atoms with E-state index < -0.39 is 11.3 Å². The van der Waals surface area contributed by atoms with Crippen LogP contribution in [0.25, 0.3) is 16.7 Å². The van der Waals surface area contributed by atoms with Crippen LogP contribution in [0.5, 0.6) is 0 Å². The number of aromatic nitrogens is 3. The molecule has 0 bridgehead atoms. The lowest BCUT2D eigenvalue weighted by Gasteiger charge is -2.34. The predicted octanol–water partition coefficient (Wildman–Crippen LogP) is 3.01. The van der Waals surface area contributed by atoms with Crippen LogP contribution in [0, 0.1) is 0 Å². The molecule has 1 aliphatic heterocycles. The lowest BCUT2D eigenvalue weighted by molar-refractivity contribution is -0.130. The molecule has 11 heteroatoms. The summed E-state index contributed by atoms with van der Waals surface area (Å²) in [6.07, 6.45) is 7.04. The lowest BCUT2D eigenvalue weighted by Crippen LogP contribution is -2.48. The number of pyridine rings is 1. The highest BCUT2D eigenvalue weighted by Gasteiger charge is 2.20. The van der Waals surface area contributed by atoms with Gasteiger partial charge in [0.1, 0.15) is 5.56 Å². The number of benzene rings is 2. The number of rotatable bonds is 8. The summed E-state index contributed by atoms with van der Waals surface area (Å²) < 4.78 is 1.77. The summed E-state index contributed by atoms with van der Waals surface area (Å²) >= 11 is 0. The second-order valence-electron chi connectivity index (χ2n) is 11.0. The summed E-state index contributed by atoms with van der Waals surface area (Å²) in [5, 5.41) is 3.49. The third-order valence-electron chi connectivity index (χ3n) is 8.29. The van der Waals surface area contributed by atoms with Crippen LogP contribution in [0.4, 0.5) is 11.6 Å². The first-order chi connectivity index (χ1) is 20.9. The normalized spacial score (nSPS) is 15.0. The van der Waals surface area contributed by atoms with E-state index in [0.29, 0.717) is 11.6 Å². The van der Waals surface area contributed by atoms with Crippen LogP contribution in [0.3, 0.4) is 0 Å². The van der Waals surface area contributed by atoms with Gasteiger partial charge in [0.25, 0.3) is 5.91 Å². The number of hydrogen-bond acceptors (Lipinski definition) is 8. The van der Waals surface area contributed by atoms with Crippen molar-refractivity contribution in [2.24, 2.45) is 0 Å². The van der Waals surface area contributed by atoms with Gasteiger partial charge in [-0.3, -0.25) is 24.1 Å². The molecule has 1 aliphatic carbocycles. The van der Waals surface area contributed by atoms with Crippen molar-refractivity contribution in [1.29, 1.82) is 0 Å². The van der Waals surface area contributed by atoms with Crippen molar-refractivity contribution in [3.8, 4) is 5.69 Å². The number of nitrogens with zero attached hydrogens (tertiary/aromatic N) is 5. The fraction of sp³-hybridized carbons (Fsp3) is 0.344.